The second kappa shape index (κ2) is 3.58. The van der Waals surface area contributed by atoms with Crippen LogP contribution in [0.15, 0.2) is 17.1 Å². The summed E-state index contributed by atoms with van der Waals surface area (Å²) in [5.41, 5.74) is 0. The van der Waals surface area contributed by atoms with Crippen molar-refractivity contribution >= 4 is 15.9 Å². The van der Waals surface area contributed by atoms with Crippen LogP contribution in [0.5, 0.6) is 0 Å². The lowest BCUT2D eigenvalue weighted by molar-refractivity contribution is 0.368. The van der Waals surface area contributed by atoms with Gasteiger partial charge >= 0.3 is 0 Å². The van der Waals surface area contributed by atoms with Crippen molar-refractivity contribution in [2.24, 2.45) is 0 Å². The van der Waals surface area contributed by atoms with Gasteiger partial charge in [-0.2, -0.15) is 0 Å². The summed E-state index contributed by atoms with van der Waals surface area (Å²) in [7, 11) is 0. The van der Waals surface area contributed by atoms with Crippen LogP contribution in [0.2, 0.25) is 0 Å². The molecular formula is C8H12BrN3. The van der Waals surface area contributed by atoms with E-state index in [0.29, 0.717) is 6.04 Å². The Hall–Kier alpha value is -0.350. The van der Waals surface area contributed by atoms with E-state index < -0.39 is 0 Å². The number of hydrogen-bond acceptors (Lipinski definition) is 2. The average Bonchev–Trinajstić information content (AvgIpc) is 2.54. The van der Waals surface area contributed by atoms with Crippen molar-refractivity contribution in [2.45, 2.75) is 18.9 Å². The Morgan fingerprint density at radius 3 is 2.83 bits per heavy atom. The summed E-state index contributed by atoms with van der Waals surface area (Å²) in [6.45, 7) is 2.25. The van der Waals surface area contributed by atoms with E-state index in [2.05, 4.69) is 37.0 Å². The summed E-state index contributed by atoms with van der Waals surface area (Å²) >= 11 is 3.35. The number of halogens is 1. The molecule has 12 heavy (non-hydrogen) atoms. The molecule has 2 rings (SSSR count). The van der Waals surface area contributed by atoms with Gasteiger partial charge in [-0.1, -0.05) is 0 Å². The van der Waals surface area contributed by atoms with Crippen molar-refractivity contribution in [3.63, 3.8) is 0 Å². The first-order valence-electron chi connectivity index (χ1n) is 4.26. The molecule has 0 amide bonds. The van der Waals surface area contributed by atoms with Gasteiger partial charge < -0.3 is 9.88 Å². The van der Waals surface area contributed by atoms with Crippen molar-refractivity contribution in [1.82, 2.24) is 14.9 Å². The molecular weight excluding hydrogens is 218 g/mol. The van der Waals surface area contributed by atoms with Crippen LogP contribution >= 0.6 is 15.9 Å². The molecule has 3 nitrogen and oxygen atoms in total. The van der Waals surface area contributed by atoms with E-state index in [1.54, 1.807) is 0 Å². The topological polar surface area (TPSA) is 29.9 Å². The predicted octanol–water partition coefficient (Wildman–Crippen LogP) is 1.57. The monoisotopic (exact) mass is 229 g/mol. The fourth-order valence-corrected chi connectivity index (χ4v) is 1.94. The van der Waals surface area contributed by atoms with E-state index in [4.69, 9.17) is 0 Å². The number of hydrogen-bond donors (Lipinski definition) is 1. The molecule has 1 aromatic heterocycles. The second-order valence-electron chi connectivity index (χ2n) is 3.12. The predicted molar refractivity (Wildman–Crippen MR) is 51.1 cm³/mol. The highest BCUT2D eigenvalue weighted by Crippen LogP contribution is 2.19. The van der Waals surface area contributed by atoms with Crippen LogP contribution < -0.4 is 5.32 Å². The van der Waals surface area contributed by atoms with Gasteiger partial charge in [-0.15, -0.1) is 0 Å². The molecule has 1 saturated heterocycles. The summed E-state index contributed by atoms with van der Waals surface area (Å²) in [5, 5.41) is 3.35. The van der Waals surface area contributed by atoms with E-state index >= 15 is 0 Å². The molecule has 1 N–H and O–H groups in total. The van der Waals surface area contributed by atoms with Gasteiger partial charge in [-0.25, -0.2) is 4.98 Å². The van der Waals surface area contributed by atoms with E-state index in [9.17, 15) is 0 Å². The molecule has 0 bridgehead atoms. The number of piperidine rings is 1. The average molecular weight is 230 g/mol. The molecule has 2 heterocycles. The Labute approximate surface area is 80.3 Å². The van der Waals surface area contributed by atoms with Crippen LogP contribution in [0.1, 0.15) is 18.9 Å². The zero-order valence-corrected chi connectivity index (χ0v) is 8.42. The third-order valence-corrected chi connectivity index (χ3v) is 2.71. The maximum Gasteiger partial charge on any atom is 0.124 e. The van der Waals surface area contributed by atoms with Crippen molar-refractivity contribution < 1.29 is 0 Å². The molecule has 1 aromatic rings. The Balaban J connectivity index is 2.08. The van der Waals surface area contributed by atoms with Gasteiger partial charge in [0.2, 0.25) is 0 Å². The highest BCUT2D eigenvalue weighted by molar-refractivity contribution is 9.10. The van der Waals surface area contributed by atoms with Crippen LogP contribution in [0.4, 0.5) is 0 Å². The number of nitrogens with one attached hydrogen (secondary N) is 1. The zero-order valence-electron chi connectivity index (χ0n) is 6.83. The minimum absolute atomic E-state index is 0.644. The van der Waals surface area contributed by atoms with E-state index in [1.165, 1.54) is 12.8 Å². The Morgan fingerprint density at radius 2 is 2.25 bits per heavy atom. The summed E-state index contributed by atoms with van der Waals surface area (Å²) in [6, 6.07) is 0.644. The van der Waals surface area contributed by atoms with Crippen molar-refractivity contribution in [1.29, 1.82) is 0 Å². The maximum atomic E-state index is 4.15. The van der Waals surface area contributed by atoms with Crippen LogP contribution in [0, 0.1) is 0 Å². The Morgan fingerprint density at radius 1 is 1.50 bits per heavy atom. The summed E-state index contributed by atoms with van der Waals surface area (Å²) in [4.78, 5) is 4.15. The Kier molecular flexibility index (Phi) is 2.46. The molecule has 0 radical (unpaired) electrons. The first kappa shape index (κ1) is 8.26. The lowest BCUT2D eigenvalue weighted by Crippen LogP contribution is -2.28. The van der Waals surface area contributed by atoms with Crippen LogP contribution in [-0.4, -0.2) is 22.6 Å². The molecule has 0 atom stereocenters. The minimum Gasteiger partial charge on any atom is -0.333 e. The summed E-state index contributed by atoms with van der Waals surface area (Å²) in [5.74, 6) is 0. The van der Waals surface area contributed by atoms with E-state index in [-0.39, 0.29) is 0 Å². The van der Waals surface area contributed by atoms with Gasteiger partial charge in [0.15, 0.2) is 0 Å². The first-order valence-corrected chi connectivity index (χ1v) is 5.05. The molecule has 0 aliphatic carbocycles. The lowest BCUT2D eigenvalue weighted by Gasteiger charge is -2.23. The molecule has 0 spiro atoms. The standard InChI is InChI=1S/C8H12BrN3/c9-8-5-12(6-11-8)7-1-3-10-4-2-7/h5-7,10H,1-4H2. The van der Waals surface area contributed by atoms with Crippen LogP contribution in [0.3, 0.4) is 0 Å². The lowest BCUT2D eigenvalue weighted by atomic mass is 10.1. The van der Waals surface area contributed by atoms with Gasteiger partial charge in [0.1, 0.15) is 4.60 Å². The molecule has 0 aromatic carbocycles. The molecule has 1 fully saturated rings. The van der Waals surface area contributed by atoms with Gasteiger partial charge in [-0.05, 0) is 41.9 Å². The molecule has 1 aliphatic rings. The van der Waals surface area contributed by atoms with Crippen LogP contribution in [-0.2, 0) is 0 Å². The second-order valence-corrected chi connectivity index (χ2v) is 3.94. The Bertz CT molecular complexity index is 253. The van der Waals surface area contributed by atoms with E-state index in [0.717, 1.165) is 17.7 Å². The van der Waals surface area contributed by atoms with Crippen molar-refractivity contribution in [3.05, 3.63) is 17.1 Å². The summed E-state index contributed by atoms with van der Waals surface area (Å²) < 4.78 is 3.13. The van der Waals surface area contributed by atoms with Crippen molar-refractivity contribution in [3.8, 4) is 0 Å². The van der Waals surface area contributed by atoms with Crippen molar-refractivity contribution in [2.75, 3.05) is 13.1 Å². The van der Waals surface area contributed by atoms with Gasteiger partial charge in [0.05, 0.1) is 6.33 Å². The number of imidazole rings is 1. The highest BCUT2D eigenvalue weighted by Gasteiger charge is 2.14. The summed E-state index contributed by atoms with van der Waals surface area (Å²) in [6.07, 6.45) is 6.38. The number of nitrogens with zero attached hydrogens (tertiary/aromatic N) is 2. The normalized spacial score (nSPS) is 19.8. The van der Waals surface area contributed by atoms with Gasteiger partial charge in [0, 0.05) is 12.2 Å². The molecule has 0 unspecified atom stereocenters. The quantitative estimate of drug-likeness (QED) is 0.793. The molecule has 4 heteroatoms. The smallest absolute Gasteiger partial charge is 0.124 e. The van der Waals surface area contributed by atoms with Crippen LogP contribution in [0.25, 0.3) is 0 Å². The van der Waals surface area contributed by atoms with E-state index in [1.807, 2.05) is 6.33 Å². The third kappa shape index (κ3) is 1.69. The molecule has 1 aliphatic heterocycles. The number of rotatable bonds is 1. The largest absolute Gasteiger partial charge is 0.333 e. The maximum absolute atomic E-state index is 4.15. The minimum atomic E-state index is 0.644. The highest BCUT2D eigenvalue weighted by atomic mass is 79.9. The SMILES string of the molecule is Brc1cn(C2CCNCC2)cn1. The fraction of sp³-hybridized carbons (Fsp3) is 0.625. The van der Waals surface area contributed by atoms with Gasteiger partial charge in [-0.3, -0.25) is 0 Å². The molecule has 66 valence electrons. The first-order chi connectivity index (χ1) is 5.86. The number of aromatic nitrogens is 2. The fourth-order valence-electron chi connectivity index (χ4n) is 1.62. The molecule has 0 saturated carbocycles. The van der Waals surface area contributed by atoms with Gasteiger partial charge in [0.25, 0.3) is 0 Å². The zero-order chi connectivity index (χ0) is 8.39. The third-order valence-electron chi connectivity index (χ3n) is 2.30.